The zero-order valence-corrected chi connectivity index (χ0v) is 17.6. The number of ether oxygens (including phenoxy) is 1. The fourth-order valence-corrected chi connectivity index (χ4v) is 4.56. The largest absolute Gasteiger partial charge is 0.497 e. The van der Waals surface area contributed by atoms with Crippen LogP contribution in [0.3, 0.4) is 0 Å². The summed E-state index contributed by atoms with van der Waals surface area (Å²) in [6, 6.07) is 22.4. The van der Waals surface area contributed by atoms with E-state index in [2.05, 4.69) is 40.7 Å². The monoisotopic (exact) mass is 420 g/mol. The van der Waals surface area contributed by atoms with Crippen molar-refractivity contribution in [3.8, 4) is 16.9 Å². The van der Waals surface area contributed by atoms with Gasteiger partial charge in [0.1, 0.15) is 5.75 Å². The van der Waals surface area contributed by atoms with E-state index in [1.54, 1.807) is 30.6 Å². The maximum Gasteiger partial charge on any atom is 0.274 e. The molecule has 0 aliphatic carbocycles. The molecule has 4 rings (SSSR count). The van der Waals surface area contributed by atoms with Crippen molar-refractivity contribution in [2.75, 3.05) is 20.2 Å². The molecule has 30 heavy (non-hydrogen) atoms. The van der Waals surface area contributed by atoms with Crippen molar-refractivity contribution >= 4 is 17.9 Å². The van der Waals surface area contributed by atoms with E-state index in [1.165, 1.54) is 27.1 Å². The third kappa shape index (κ3) is 4.67. The van der Waals surface area contributed by atoms with E-state index in [1.807, 2.05) is 24.3 Å². The Morgan fingerprint density at radius 1 is 0.933 bits per heavy atom. The average Bonchev–Trinajstić information content (AvgIpc) is 3.01. The van der Waals surface area contributed by atoms with Crippen LogP contribution in [0, 0.1) is 0 Å². The summed E-state index contributed by atoms with van der Waals surface area (Å²) in [5.41, 5.74) is 6.99. The smallest absolute Gasteiger partial charge is 0.274 e. The van der Waals surface area contributed by atoms with Gasteiger partial charge in [-0.15, -0.1) is 0 Å². The summed E-state index contributed by atoms with van der Waals surface area (Å²) in [5, 5.41) is 8.85. The van der Waals surface area contributed by atoms with Crippen LogP contribution in [0.2, 0.25) is 0 Å². The molecule has 0 aromatic heterocycles. The predicted octanol–water partition coefficient (Wildman–Crippen LogP) is 4.59. The number of nitrogens with one attached hydrogen (secondary N) is 1. The minimum Gasteiger partial charge on any atom is -0.497 e. The van der Waals surface area contributed by atoms with Crippen LogP contribution in [0.1, 0.15) is 21.5 Å². The second kappa shape index (κ2) is 9.34. The third-order valence-electron chi connectivity index (χ3n) is 5.34. The average molecular weight is 421 g/mol. The third-order valence-corrected chi connectivity index (χ3v) is 6.45. The molecule has 2 N–H and O–H groups in total. The van der Waals surface area contributed by atoms with Gasteiger partial charge >= 0.3 is 0 Å². The molecule has 0 spiro atoms. The first kappa shape index (κ1) is 20.5. The van der Waals surface area contributed by atoms with E-state index in [0.717, 1.165) is 31.7 Å². The van der Waals surface area contributed by atoms with Crippen molar-refractivity contribution in [1.29, 1.82) is 0 Å². The number of rotatable bonds is 5. The first-order valence-corrected chi connectivity index (χ1v) is 10.7. The number of hydrogen-bond acceptors (Lipinski definition) is 5. The van der Waals surface area contributed by atoms with E-state index < -0.39 is 5.91 Å². The van der Waals surface area contributed by atoms with Gasteiger partial charge < -0.3 is 4.74 Å². The van der Waals surface area contributed by atoms with Gasteiger partial charge in [0.2, 0.25) is 0 Å². The Bertz CT molecular complexity index is 1020. The highest BCUT2D eigenvalue weighted by molar-refractivity contribution is 7.97. The molecular weight excluding hydrogens is 396 g/mol. The Morgan fingerprint density at radius 2 is 1.57 bits per heavy atom. The fraction of sp³-hybridized carbons (Fsp3) is 0.208. The summed E-state index contributed by atoms with van der Waals surface area (Å²) in [4.78, 5) is 12.9. The van der Waals surface area contributed by atoms with Crippen LogP contribution in [0.5, 0.6) is 5.75 Å². The second-order valence-corrected chi connectivity index (χ2v) is 8.37. The standard InChI is InChI=1S/C24H24N2O3S/c1-29-22-8-4-17(5-9-22)18-6-10-23(11-7-18)30-26-14-12-19-2-3-21(24(27)25-28)16-20(19)13-15-26/h2-11,16,28H,12-15H2,1H3,(H,25,27). The van der Waals surface area contributed by atoms with E-state index in [-0.39, 0.29) is 0 Å². The lowest BCUT2D eigenvalue weighted by Crippen LogP contribution is -2.19. The Hall–Kier alpha value is -2.80. The molecule has 0 saturated carbocycles. The van der Waals surface area contributed by atoms with Gasteiger partial charge in [-0.05, 0) is 83.4 Å². The van der Waals surface area contributed by atoms with Gasteiger partial charge in [0.25, 0.3) is 5.91 Å². The molecule has 6 heteroatoms. The van der Waals surface area contributed by atoms with Crippen molar-refractivity contribution in [3.05, 3.63) is 83.4 Å². The molecule has 154 valence electrons. The summed E-state index contributed by atoms with van der Waals surface area (Å²) < 4.78 is 7.60. The molecule has 1 aliphatic rings. The first-order valence-electron chi connectivity index (χ1n) is 9.90. The summed E-state index contributed by atoms with van der Waals surface area (Å²) in [5.74, 6) is 0.391. The fourth-order valence-electron chi connectivity index (χ4n) is 3.64. The number of carbonyl (C=O) groups is 1. The lowest BCUT2D eigenvalue weighted by molar-refractivity contribution is 0.0706. The van der Waals surface area contributed by atoms with Crippen LogP contribution < -0.4 is 10.2 Å². The molecule has 0 saturated heterocycles. The molecule has 0 atom stereocenters. The zero-order valence-electron chi connectivity index (χ0n) is 16.8. The molecule has 1 amide bonds. The van der Waals surface area contributed by atoms with Crippen molar-refractivity contribution in [2.45, 2.75) is 17.7 Å². The predicted molar refractivity (Wildman–Crippen MR) is 119 cm³/mol. The number of carbonyl (C=O) groups excluding carboxylic acids is 1. The van der Waals surface area contributed by atoms with Crippen molar-refractivity contribution in [2.24, 2.45) is 0 Å². The SMILES string of the molecule is COc1ccc(-c2ccc(SN3CCc4ccc(C(=O)NO)cc4CC3)cc2)cc1. The number of methoxy groups -OCH3 is 1. The lowest BCUT2D eigenvalue weighted by atomic mass is 10.00. The Kier molecular flexibility index (Phi) is 6.38. The zero-order chi connectivity index (χ0) is 20.9. The minimum absolute atomic E-state index is 0.467. The van der Waals surface area contributed by atoms with Crippen molar-refractivity contribution in [1.82, 2.24) is 9.79 Å². The van der Waals surface area contributed by atoms with Crippen LogP contribution in [0.15, 0.2) is 71.6 Å². The van der Waals surface area contributed by atoms with E-state index in [9.17, 15) is 4.79 Å². The minimum atomic E-state index is -0.467. The van der Waals surface area contributed by atoms with Gasteiger partial charge in [0.15, 0.2) is 0 Å². The number of fused-ring (bicyclic) bond motifs is 1. The number of amides is 1. The normalized spacial score (nSPS) is 13.9. The van der Waals surface area contributed by atoms with Crippen LogP contribution in [0.25, 0.3) is 11.1 Å². The van der Waals surface area contributed by atoms with Gasteiger partial charge in [-0.3, -0.25) is 10.0 Å². The highest BCUT2D eigenvalue weighted by Crippen LogP contribution is 2.29. The van der Waals surface area contributed by atoms with E-state index in [0.29, 0.717) is 5.56 Å². The maximum absolute atomic E-state index is 11.7. The van der Waals surface area contributed by atoms with Gasteiger partial charge in [-0.2, -0.15) is 0 Å². The number of hydrogen-bond donors (Lipinski definition) is 2. The van der Waals surface area contributed by atoms with Crippen molar-refractivity contribution < 1.29 is 14.7 Å². The number of hydroxylamine groups is 1. The van der Waals surface area contributed by atoms with Crippen molar-refractivity contribution in [3.63, 3.8) is 0 Å². The molecule has 3 aromatic rings. The Balaban J connectivity index is 1.40. The van der Waals surface area contributed by atoms with Gasteiger partial charge in [0, 0.05) is 23.5 Å². The van der Waals surface area contributed by atoms with Crippen LogP contribution in [-0.2, 0) is 12.8 Å². The topological polar surface area (TPSA) is 61.8 Å². The molecule has 0 unspecified atom stereocenters. The second-order valence-electron chi connectivity index (χ2n) is 7.20. The van der Waals surface area contributed by atoms with Gasteiger partial charge in [-0.1, -0.05) is 30.3 Å². The Labute approximate surface area is 180 Å². The van der Waals surface area contributed by atoms with E-state index >= 15 is 0 Å². The van der Waals surface area contributed by atoms with Gasteiger partial charge in [-0.25, -0.2) is 9.79 Å². The molecule has 0 fully saturated rings. The lowest BCUT2D eigenvalue weighted by Gasteiger charge is -2.18. The van der Waals surface area contributed by atoms with Crippen LogP contribution in [0.4, 0.5) is 0 Å². The summed E-state index contributed by atoms with van der Waals surface area (Å²) in [6.45, 7) is 1.85. The quantitative estimate of drug-likeness (QED) is 0.359. The van der Waals surface area contributed by atoms with Gasteiger partial charge in [0.05, 0.1) is 7.11 Å². The van der Waals surface area contributed by atoms with E-state index in [4.69, 9.17) is 9.94 Å². The molecule has 1 aliphatic heterocycles. The first-order chi connectivity index (χ1) is 14.7. The summed E-state index contributed by atoms with van der Waals surface area (Å²) in [7, 11) is 1.67. The van der Waals surface area contributed by atoms with Crippen LogP contribution >= 0.6 is 11.9 Å². The number of nitrogens with zero attached hydrogens (tertiary/aromatic N) is 1. The molecule has 1 heterocycles. The molecular formula is C24H24N2O3S. The Morgan fingerprint density at radius 3 is 2.20 bits per heavy atom. The summed E-state index contributed by atoms with van der Waals surface area (Å²) >= 11 is 1.77. The molecule has 0 radical (unpaired) electrons. The number of benzene rings is 3. The highest BCUT2D eigenvalue weighted by atomic mass is 32.2. The molecule has 3 aromatic carbocycles. The maximum atomic E-state index is 11.7. The molecule has 0 bridgehead atoms. The molecule has 5 nitrogen and oxygen atoms in total. The van der Waals surface area contributed by atoms with Crippen LogP contribution in [-0.4, -0.2) is 35.6 Å². The highest BCUT2D eigenvalue weighted by Gasteiger charge is 2.17. The summed E-state index contributed by atoms with van der Waals surface area (Å²) in [6.07, 6.45) is 1.81.